The van der Waals surface area contributed by atoms with Crippen LogP contribution in [-0.4, -0.2) is 9.49 Å². The molecule has 0 fully saturated rings. The first-order valence-corrected chi connectivity index (χ1v) is 4.94. The minimum atomic E-state index is -0.363. The lowest BCUT2D eigenvalue weighted by Gasteiger charge is -1.99. The molecule has 0 unspecified atom stereocenters. The summed E-state index contributed by atoms with van der Waals surface area (Å²) in [6.45, 7) is 9.09. The standard InChI is InChI=1S/C12H14N2O2/c1-4-11(14(15)16)9-10-7-8-13(6-3)12(10)5-2/h5-9H,2-4H2,1H3/b11-9+. The molecule has 84 valence electrons. The van der Waals surface area contributed by atoms with Crippen molar-refractivity contribution in [2.75, 3.05) is 0 Å². The highest BCUT2D eigenvalue weighted by atomic mass is 16.6. The van der Waals surface area contributed by atoms with Crippen LogP contribution in [0.2, 0.25) is 0 Å². The Kier molecular flexibility index (Phi) is 3.83. The average Bonchev–Trinajstić information content (AvgIpc) is 2.67. The van der Waals surface area contributed by atoms with Crippen molar-refractivity contribution >= 4 is 18.4 Å². The van der Waals surface area contributed by atoms with Gasteiger partial charge in [0.1, 0.15) is 0 Å². The Balaban J connectivity index is 3.23. The van der Waals surface area contributed by atoms with E-state index in [0.29, 0.717) is 6.42 Å². The Hall–Kier alpha value is -2.10. The van der Waals surface area contributed by atoms with Crippen LogP contribution in [0, 0.1) is 10.1 Å². The number of allylic oxidation sites excluding steroid dienone is 1. The van der Waals surface area contributed by atoms with Crippen molar-refractivity contribution in [2.24, 2.45) is 0 Å². The molecule has 0 atom stereocenters. The predicted molar refractivity (Wildman–Crippen MR) is 66.2 cm³/mol. The molecule has 4 heteroatoms. The molecule has 0 amide bonds. The van der Waals surface area contributed by atoms with E-state index < -0.39 is 0 Å². The summed E-state index contributed by atoms with van der Waals surface area (Å²) in [6.07, 6.45) is 7.04. The van der Waals surface area contributed by atoms with Gasteiger partial charge in [-0.2, -0.15) is 0 Å². The Morgan fingerprint density at radius 1 is 1.62 bits per heavy atom. The Morgan fingerprint density at radius 3 is 2.75 bits per heavy atom. The number of hydrogen-bond donors (Lipinski definition) is 0. The highest BCUT2D eigenvalue weighted by Gasteiger charge is 2.10. The molecule has 0 radical (unpaired) electrons. The fourth-order valence-electron chi connectivity index (χ4n) is 1.44. The van der Waals surface area contributed by atoms with Crippen LogP contribution in [-0.2, 0) is 0 Å². The maximum atomic E-state index is 10.7. The number of aromatic nitrogens is 1. The average molecular weight is 218 g/mol. The third-order valence-electron chi connectivity index (χ3n) is 2.30. The summed E-state index contributed by atoms with van der Waals surface area (Å²) in [5.41, 5.74) is 1.77. The van der Waals surface area contributed by atoms with Crippen molar-refractivity contribution < 1.29 is 4.92 Å². The molecule has 1 heterocycles. The van der Waals surface area contributed by atoms with Crippen molar-refractivity contribution in [2.45, 2.75) is 13.3 Å². The Morgan fingerprint density at radius 2 is 2.31 bits per heavy atom. The van der Waals surface area contributed by atoms with Crippen molar-refractivity contribution in [1.29, 1.82) is 0 Å². The molecule has 4 nitrogen and oxygen atoms in total. The predicted octanol–water partition coefficient (Wildman–Crippen LogP) is 3.26. The zero-order valence-electron chi connectivity index (χ0n) is 9.22. The topological polar surface area (TPSA) is 48.1 Å². The summed E-state index contributed by atoms with van der Waals surface area (Å²) < 4.78 is 1.77. The number of nitro groups is 1. The first-order valence-electron chi connectivity index (χ1n) is 4.94. The molecule has 1 aromatic heterocycles. The molecule has 0 saturated carbocycles. The highest BCUT2D eigenvalue weighted by molar-refractivity contribution is 5.65. The van der Waals surface area contributed by atoms with Crippen LogP contribution in [0.5, 0.6) is 0 Å². The molecule has 0 spiro atoms. The van der Waals surface area contributed by atoms with E-state index in [1.165, 1.54) is 0 Å². The molecule has 0 aliphatic heterocycles. The van der Waals surface area contributed by atoms with E-state index in [0.717, 1.165) is 11.3 Å². The number of nitrogens with zero attached hydrogens (tertiary/aromatic N) is 2. The van der Waals surface area contributed by atoms with Gasteiger partial charge in [0.05, 0.1) is 10.6 Å². The third kappa shape index (κ3) is 2.28. The van der Waals surface area contributed by atoms with Crippen LogP contribution in [0.1, 0.15) is 24.6 Å². The molecule has 1 aromatic rings. The molecule has 0 aliphatic carbocycles. The minimum Gasteiger partial charge on any atom is -0.324 e. The van der Waals surface area contributed by atoms with Gasteiger partial charge in [-0.3, -0.25) is 10.1 Å². The largest absolute Gasteiger partial charge is 0.324 e. The van der Waals surface area contributed by atoms with Crippen LogP contribution in [0.3, 0.4) is 0 Å². The van der Waals surface area contributed by atoms with E-state index in [1.54, 1.807) is 42.1 Å². The van der Waals surface area contributed by atoms with Crippen LogP contribution >= 0.6 is 0 Å². The lowest BCUT2D eigenvalue weighted by molar-refractivity contribution is -0.425. The van der Waals surface area contributed by atoms with Crippen LogP contribution in [0.4, 0.5) is 0 Å². The SMILES string of the molecule is C=Cc1c(/C=C(\CC)[N+](=O)[O-])ccn1C=C. The van der Waals surface area contributed by atoms with E-state index in [2.05, 4.69) is 13.2 Å². The lowest BCUT2D eigenvalue weighted by Crippen LogP contribution is -1.97. The van der Waals surface area contributed by atoms with Crippen molar-refractivity contribution in [3.63, 3.8) is 0 Å². The summed E-state index contributed by atoms with van der Waals surface area (Å²) >= 11 is 0. The van der Waals surface area contributed by atoms with Crippen LogP contribution in [0.15, 0.2) is 31.1 Å². The Labute approximate surface area is 94.4 Å². The monoisotopic (exact) mass is 218 g/mol. The first-order chi connectivity index (χ1) is 7.63. The van der Waals surface area contributed by atoms with Crippen molar-refractivity contribution in [3.05, 3.63) is 52.5 Å². The van der Waals surface area contributed by atoms with Gasteiger partial charge in [-0.25, -0.2) is 0 Å². The molecule has 1 rings (SSSR count). The van der Waals surface area contributed by atoms with Gasteiger partial charge in [0, 0.05) is 30.5 Å². The summed E-state index contributed by atoms with van der Waals surface area (Å²) in [4.78, 5) is 10.3. The van der Waals surface area contributed by atoms with Gasteiger partial charge in [-0.15, -0.1) is 0 Å². The molecule has 16 heavy (non-hydrogen) atoms. The molecule has 0 N–H and O–H groups in total. The highest BCUT2D eigenvalue weighted by Crippen LogP contribution is 2.18. The smallest absolute Gasteiger partial charge is 0.246 e. The van der Waals surface area contributed by atoms with Gasteiger partial charge in [0.25, 0.3) is 0 Å². The van der Waals surface area contributed by atoms with Crippen molar-refractivity contribution in [3.8, 4) is 0 Å². The van der Waals surface area contributed by atoms with Gasteiger partial charge in [-0.05, 0) is 12.1 Å². The van der Waals surface area contributed by atoms with Gasteiger partial charge < -0.3 is 4.57 Å². The van der Waals surface area contributed by atoms with E-state index in [9.17, 15) is 10.1 Å². The molecule has 0 saturated heterocycles. The molecule has 0 aliphatic rings. The van der Waals surface area contributed by atoms with Gasteiger partial charge in [0.2, 0.25) is 5.70 Å². The zero-order chi connectivity index (χ0) is 12.1. The fraction of sp³-hybridized carbons (Fsp3) is 0.167. The van der Waals surface area contributed by atoms with Gasteiger partial charge in [-0.1, -0.05) is 20.1 Å². The summed E-state index contributed by atoms with van der Waals surface area (Å²) in [5.74, 6) is 0. The summed E-state index contributed by atoms with van der Waals surface area (Å²) in [7, 11) is 0. The van der Waals surface area contributed by atoms with Crippen molar-refractivity contribution in [1.82, 2.24) is 4.57 Å². The molecule has 0 bridgehead atoms. The lowest BCUT2D eigenvalue weighted by atomic mass is 10.2. The van der Waals surface area contributed by atoms with E-state index >= 15 is 0 Å². The number of hydrogen-bond acceptors (Lipinski definition) is 2. The zero-order valence-corrected chi connectivity index (χ0v) is 9.22. The fourth-order valence-corrected chi connectivity index (χ4v) is 1.44. The maximum absolute atomic E-state index is 10.7. The van der Waals surface area contributed by atoms with E-state index in [4.69, 9.17) is 0 Å². The number of rotatable bonds is 5. The minimum absolute atomic E-state index is 0.185. The third-order valence-corrected chi connectivity index (χ3v) is 2.30. The summed E-state index contributed by atoms with van der Waals surface area (Å²) in [6, 6.07) is 1.80. The first kappa shape index (κ1) is 12.0. The second-order valence-electron chi connectivity index (χ2n) is 3.20. The second-order valence-corrected chi connectivity index (χ2v) is 3.20. The molecular formula is C12H14N2O2. The van der Waals surface area contributed by atoms with Gasteiger partial charge >= 0.3 is 0 Å². The normalized spacial score (nSPS) is 11.2. The second kappa shape index (κ2) is 5.11. The van der Waals surface area contributed by atoms with Crippen LogP contribution < -0.4 is 0 Å². The maximum Gasteiger partial charge on any atom is 0.246 e. The quantitative estimate of drug-likeness (QED) is 0.562. The van der Waals surface area contributed by atoms with Crippen LogP contribution in [0.25, 0.3) is 18.4 Å². The molecule has 0 aromatic carbocycles. The van der Waals surface area contributed by atoms with E-state index in [1.807, 2.05) is 0 Å². The van der Waals surface area contributed by atoms with E-state index in [-0.39, 0.29) is 10.6 Å². The van der Waals surface area contributed by atoms with Gasteiger partial charge in [0.15, 0.2) is 0 Å². The molecular weight excluding hydrogens is 204 g/mol. The summed E-state index contributed by atoms with van der Waals surface area (Å²) in [5, 5.41) is 10.7. The Bertz CT molecular complexity index is 456.